The van der Waals surface area contributed by atoms with E-state index in [0.29, 0.717) is 31.4 Å². The molecule has 1 heterocycles. The molecular weight excluding hydrogens is 344 g/mol. The van der Waals surface area contributed by atoms with Crippen molar-refractivity contribution in [3.8, 4) is 12.3 Å². The van der Waals surface area contributed by atoms with Crippen molar-refractivity contribution in [1.82, 2.24) is 10.2 Å². The second kappa shape index (κ2) is 11.2. The lowest BCUT2D eigenvalue weighted by molar-refractivity contribution is -0.115. The highest BCUT2D eigenvalue weighted by molar-refractivity contribution is 5.95. The summed E-state index contributed by atoms with van der Waals surface area (Å²) in [6.07, 6.45) is 6.42. The van der Waals surface area contributed by atoms with Gasteiger partial charge in [0.2, 0.25) is 5.91 Å². The van der Waals surface area contributed by atoms with Crippen LogP contribution in [0, 0.1) is 18.3 Å². The topological polar surface area (TPSA) is 75.2 Å². The number of guanidine groups is 1. The van der Waals surface area contributed by atoms with Gasteiger partial charge < -0.3 is 25.0 Å². The third kappa shape index (κ3) is 6.93. The first-order chi connectivity index (χ1) is 13.2. The summed E-state index contributed by atoms with van der Waals surface area (Å²) in [6.45, 7) is 3.82. The first kappa shape index (κ1) is 20.7. The number of nitrogens with one attached hydrogen (secondary N) is 2. The first-order valence-electron chi connectivity index (χ1n) is 9.05. The highest BCUT2D eigenvalue weighted by atomic mass is 16.5. The zero-order valence-corrected chi connectivity index (χ0v) is 16.0. The van der Waals surface area contributed by atoms with Gasteiger partial charge in [0, 0.05) is 44.4 Å². The molecule has 1 saturated heterocycles. The molecule has 146 valence electrons. The molecule has 0 bridgehead atoms. The van der Waals surface area contributed by atoms with Gasteiger partial charge in [-0.2, -0.15) is 0 Å². The Balaban J connectivity index is 1.75. The van der Waals surface area contributed by atoms with Crippen LogP contribution in [0.15, 0.2) is 29.3 Å². The van der Waals surface area contributed by atoms with Crippen LogP contribution in [0.4, 0.5) is 5.69 Å². The van der Waals surface area contributed by atoms with Gasteiger partial charge in [-0.3, -0.25) is 9.79 Å². The fourth-order valence-corrected chi connectivity index (χ4v) is 2.94. The minimum absolute atomic E-state index is 0.137. The Kier molecular flexibility index (Phi) is 8.62. The van der Waals surface area contributed by atoms with Gasteiger partial charge in [0.25, 0.3) is 0 Å². The molecule has 2 N–H and O–H groups in total. The van der Waals surface area contributed by atoms with Crippen LogP contribution in [0.3, 0.4) is 0 Å². The number of terminal acetylenes is 1. The molecule has 1 aliphatic heterocycles. The minimum Gasteiger partial charge on any atom is -0.382 e. The summed E-state index contributed by atoms with van der Waals surface area (Å²) in [4.78, 5) is 18.6. The molecule has 0 radical (unpaired) electrons. The second-order valence-corrected chi connectivity index (χ2v) is 6.34. The number of likely N-dealkylation sites (tertiary alicyclic amines) is 1. The van der Waals surface area contributed by atoms with Crippen LogP contribution < -0.4 is 10.6 Å². The summed E-state index contributed by atoms with van der Waals surface area (Å²) in [5, 5.41) is 5.95. The molecule has 1 aromatic carbocycles. The lowest BCUT2D eigenvalue weighted by atomic mass is 10.1. The van der Waals surface area contributed by atoms with Crippen molar-refractivity contribution in [2.24, 2.45) is 10.9 Å². The Morgan fingerprint density at radius 3 is 3.04 bits per heavy atom. The number of ether oxygens (including phenoxy) is 2. The normalized spacial score (nSPS) is 16.9. The molecule has 0 aromatic heterocycles. The summed E-state index contributed by atoms with van der Waals surface area (Å²) < 4.78 is 10.6. The van der Waals surface area contributed by atoms with Gasteiger partial charge in [-0.25, -0.2) is 0 Å². The number of aliphatic imine (C=N–C) groups is 1. The van der Waals surface area contributed by atoms with Crippen molar-refractivity contribution < 1.29 is 14.3 Å². The van der Waals surface area contributed by atoms with E-state index in [-0.39, 0.29) is 12.5 Å². The van der Waals surface area contributed by atoms with Crippen LogP contribution in [0.1, 0.15) is 12.0 Å². The molecule has 27 heavy (non-hydrogen) atoms. The van der Waals surface area contributed by atoms with Gasteiger partial charge in [0.15, 0.2) is 5.96 Å². The van der Waals surface area contributed by atoms with Crippen molar-refractivity contribution in [3.63, 3.8) is 0 Å². The van der Waals surface area contributed by atoms with E-state index in [4.69, 9.17) is 15.9 Å². The van der Waals surface area contributed by atoms with Gasteiger partial charge >= 0.3 is 0 Å². The van der Waals surface area contributed by atoms with Gasteiger partial charge in [0.05, 0.1) is 26.4 Å². The van der Waals surface area contributed by atoms with Gasteiger partial charge in [0.1, 0.15) is 0 Å². The van der Waals surface area contributed by atoms with Gasteiger partial charge in [-0.1, -0.05) is 12.0 Å². The molecule has 0 saturated carbocycles. The van der Waals surface area contributed by atoms with Crippen LogP contribution in [0.25, 0.3) is 0 Å². The summed E-state index contributed by atoms with van der Waals surface area (Å²) in [5.74, 6) is 3.59. The van der Waals surface area contributed by atoms with Crippen LogP contribution in [-0.2, 0) is 14.3 Å². The van der Waals surface area contributed by atoms with E-state index in [1.807, 2.05) is 18.2 Å². The molecular formula is C20H28N4O3. The second-order valence-electron chi connectivity index (χ2n) is 6.34. The lowest BCUT2D eigenvalue weighted by Crippen LogP contribution is -2.43. The van der Waals surface area contributed by atoms with E-state index in [2.05, 4.69) is 26.4 Å². The van der Waals surface area contributed by atoms with E-state index >= 15 is 0 Å². The molecule has 7 nitrogen and oxygen atoms in total. The zero-order chi connectivity index (χ0) is 19.5. The number of benzene rings is 1. The van der Waals surface area contributed by atoms with Crippen molar-refractivity contribution in [2.75, 3.05) is 58.9 Å². The summed E-state index contributed by atoms with van der Waals surface area (Å²) in [7, 11) is 3.39. The van der Waals surface area contributed by atoms with Crippen LogP contribution >= 0.6 is 0 Å². The Morgan fingerprint density at radius 2 is 2.30 bits per heavy atom. The van der Waals surface area contributed by atoms with E-state index in [1.165, 1.54) is 0 Å². The van der Waals surface area contributed by atoms with Crippen molar-refractivity contribution in [2.45, 2.75) is 6.42 Å². The average Bonchev–Trinajstić information content (AvgIpc) is 3.14. The van der Waals surface area contributed by atoms with E-state index in [1.54, 1.807) is 20.2 Å². The zero-order valence-electron chi connectivity index (χ0n) is 16.0. The number of carbonyl (C=O) groups excluding carboxylic acids is 1. The molecule has 1 fully saturated rings. The number of rotatable bonds is 8. The number of amides is 1. The molecule has 0 spiro atoms. The summed E-state index contributed by atoms with van der Waals surface area (Å²) in [5.41, 5.74) is 1.41. The van der Waals surface area contributed by atoms with E-state index in [9.17, 15) is 4.79 Å². The maximum Gasteiger partial charge on any atom is 0.243 e. The maximum absolute atomic E-state index is 12.2. The summed E-state index contributed by atoms with van der Waals surface area (Å²) in [6, 6.07) is 7.21. The highest BCUT2D eigenvalue weighted by Crippen LogP contribution is 2.16. The molecule has 7 heteroatoms. The fourth-order valence-electron chi connectivity index (χ4n) is 2.94. The van der Waals surface area contributed by atoms with Crippen molar-refractivity contribution >= 4 is 17.6 Å². The first-order valence-corrected chi connectivity index (χ1v) is 9.05. The largest absolute Gasteiger partial charge is 0.382 e. The highest BCUT2D eigenvalue weighted by Gasteiger charge is 2.25. The van der Waals surface area contributed by atoms with Gasteiger partial charge in [-0.15, -0.1) is 6.42 Å². The SMILES string of the molecule is C#Cc1cccc(NC(=O)CNC(=NC)N2CCC(COCCOC)C2)c1. The molecule has 1 aromatic rings. The fraction of sp³-hybridized carbons (Fsp3) is 0.500. The van der Waals surface area contributed by atoms with Crippen molar-refractivity contribution in [1.29, 1.82) is 0 Å². The Bertz CT molecular complexity index is 684. The maximum atomic E-state index is 12.2. The van der Waals surface area contributed by atoms with Crippen LogP contribution in [-0.4, -0.2) is 70.4 Å². The molecule has 2 rings (SSSR count). The monoisotopic (exact) mass is 372 g/mol. The summed E-state index contributed by atoms with van der Waals surface area (Å²) >= 11 is 0. The molecule has 1 unspecified atom stereocenters. The lowest BCUT2D eigenvalue weighted by Gasteiger charge is -2.21. The Morgan fingerprint density at radius 1 is 1.44 bits per heavy atom. The number of methoxy groups -OCH3 is 1. The number of hydrogen-bond donors (Lipinski definition) is 2. The predicted octanol–water partition coefficient (Wildman–Crippen LogP) is 1.17. The smallest absolute Gasteiger partial charge is 0.243 e. The minimum atomic E-state index is -0.149. The van der Waals surface area contributed by atoms with Crippen LogP contribution in [0.2, 0.25) is 0 Å². The third-order valence-corrected chi connectivity index (χ3v) is 4.30. The third-order valence-electron chi connectivity index (χ3n) is 4.30. The van der Waals surface area contributed by atoms with Crippen LogP contribution in [0.5, 0.6) is 0 Å². The molecule has 1 aliphatic rings. The number of anilines is 1. The molecule has 0 aliphatic carbocycles. The van der Waals surface area contributed by atoms with Crippen molar-refractivity contribution in [3.05, 3.63) is 29.8 Å². The van der Waals surface area contributed by atoms with E-state index < -0.39 is 0 Å². The standard InChI is InChI=1S/C20H28N4O3/c1-4-16-6-5-7-18(12-16)23-19(25)13-22-20(21-2)24-9-8-17(14-24)15-27-11-10-26-3/h1,5-7,12,17H,8-11,13-15H2,2-3H3,(H,21,22)(H,23,25). The quantitative estimate of drug-likeness (QED) is 0.310. The number of nitrogens with zero attached hydrogens (tertiary/aromatic N) is 2. The average molecular weight is 372 g/mol. The predicted molar refractivity (Wildman–Crippen MR) is 107 cm³/mol. The number of carbonyl (C=O) groups is 1. The Labute approximate surface area is 161 Å². The van der Waals surface area contributed by atoms with Gasteiger partial charge in [-0.05, 0) is 24.6 Å². The number of hydrogen-bond acceptors (Lipinski definition) is 4. The molecule has 1 atom stereocenters. The van der Waals surface area contributed by atoms with E-state index in [0.717, 1.165) is 31.0 Å². The molecule has 1 amide bonds. The Hall–Kier alpha value is -2.56.